The molecule has 0 fully saturated rings. The van der Waals surface area contributed by atoms with E-state index in [0.29, 0.717) is 26.3 Å². The fourth-order valence-electron chi connectivity index (χ4n) is 2.21. The van der Waals surface area contributed by atoms with Crippen molar-refractivity contribution in [3.63, 3.8) is 0 Å². The van der Waals surface area contributed by atoms with E-state index in [2.05, 4.69) is 26.2 Å². The number of rotatable bonds is 2. The molecule has 0 aliphatic carbocycles. The summed E-state index contributed by atoms with van der Waals surface area (Å²) in [6, 6.07) is 7.09. The van der Waals surface area contributed by atoms with Gasteiger partial charge >= 0.3 is 0 Å². The van der Waals surface area contributed by atoms with Gasteiger partial charge in [0.05, 0.1) is 11.7 Å². The third-order valence-electron chi connectivity index (χ3n) is 3.39. The van der Waals surface area contributed by atoms with Crippen molar-refractivity contribution in [2.24, 2.45) is 0 Å². The van der Waals surface area contributed by atoms with Gasteiger partial charge < -0.3 is 4.52 Å². The number of aromatic nitrogens is 3. The van der Waals surface area contributed by atoms with Crippen LogP contribution >= 0.6 is 27.5 Å². The van der Waals surface area contributed by atoms with Gasteiger partial charge in [0.15, 0.2) is 4.60 Å². The van der Waals surface area contributed by atoms with E-state index in [9.17, 15) is 4.79 Å². The molecule has 2 aromatic heterocycles. The monoisotopic (exact) mass is 367 g/mol. The molecular weight excluding hydrogens is 358 g/mol. The summed E-state index contributed by atoms with van der Waals surface area (Å²) in [4.78, 5) is 12.6. The summed E-state index contributed by atoms with van der Waals surface area (Å²) < 4.78 is 7.00. The highest BCUT2D eigenvalue weighted by molar-refractivity contribution is 9.10. The molecule has 3 aromatic rings. The van der Waals surface area contributed by atoms with Crippen LogP contribution in [0.15, 0.2) is 38.2 Å². The topological polar surface area (TPSA) is 60.9 Å². The Morgan fingerprint density at radius 2 is 2.00 bits per heavy atom. The molecule has 21 heavy (non-hydrogen) atoms. The Kier molecular flexibility index (Phi) is 3.59. The highest BCUT2D eigenvalue weighted by Gasteiger charge is 2.19. The minimum atomic E-state index is -0.232. The maximum Gasteiger partial charge on any atom is 0.280 e. The van der Waals surface area contributed by atoms with Crippen molar-refractivity contribution < 1.29 is 4.52 Å². The van der Waals surface area contributed by atoms with E-state index in [4.69, 9.17) is 16.1 Å². The van der Waals surface area contributed by atoms with Crippen molar-refractivity contribution >= 4 is 38.5 Å². The smallest absolute Gasteiger partial charge is 0.280 e. The van der Waals surface area contributed by atoms with Crippen molar-refractivity contribution in [2.45, 2.75) is 19.9 Å². The fourth-order valence-corrected chi connectivity index (χ4v) is 2.77. The molecule has 0 amide bonds. The zero-order chi connectivity index (χ0) is 15.1. The molecule has 0 aliphatic heterocycles. The zero-order valence-electron chi connectivity index (χ0n) is 11.3. The van der Waals surface area contributed by atoms with E-state index in [0.717, 1.165) is 5.56 Å². The summed E-state index contributed by atoms with van der Waals surface area (Å²) in [5.74, 6) is 0. The normalized spacial score (nSPS) is 12.8. The molecule has 108 valence electrons. The average Bonchev–Trinajstić information content (AvgIpc) is 2.86. The Labute approximate surface area is 133 Å². The Hall–Kier alpha value is -1.66. The minimum Gasteiger partial charge on any atom is -0.353 e. The molecule has 0 bridgehead atoms. The number of halogens is 2. The standard InChI is InChI=1S/C14H11BrClN3O2/c1-7-11-12(21-18-7)13(15)17-19(14(11)20)8(2)9-3-5-10(16)6-4-9/h3-6,8H,1-2H3/t8-/m0/s1. The zero-order valence-corrected chi connectivity index (χ0v) is 13.6. The largest absolute Gasteiger partial charge is 0.353 e. The fraction of sp³-hybridized carbons (Fsp3) is 0.214. The van der Waals surface area contributed by atoms with Crippen LogP contribution in [0.1, 0.15) is 24.2 Å². The Bertz CT molecular complexity index is 870. The SMILES string of the molecule is Cc1noc2c(Br)nn([C@@H](C)c3ccc(Cl)cc3)c(=O)c12. The lowest BCUT2D eigenvalue weighted by Gasteiger charge is -2.14. The lowest BCUT2D eigenvalue weighted by atomic mass is 10.1. The Balaban J connectivity index is 2.20. The van der Waals surface area contributed by atoms with Gasteiger partial charge in [-0.3, -0.25) is 4.79 Å². The van der Waals surface area contributed by atoms with Gasteiger partial charge in [0.1, 0.15) is 5.39 Å². The number of aryl methyl sites for hydroxylation is 1. The highest BCUT2D eigenvalue weighted by Crippen LogP contribution is 2.24. The highest BCUT2D eigenvalue weighted by atomic mass is 79.9. The maximum absolute atomic E-state index is 12.6. The molecule has 0 unspecified atom stereocenters. The van der Waals surface area contributed by atoms with Crippen LogP contribution in [0.3, 0.4) is 0 Å². The lowest BCUT2D eigenvalue weighted by molar-refractivity contribution is 0.444. The van der Waals surface area contributed by atoms with Crippen LogP contribution in [0.2, 0.25) is 5.02 Å². The van der Waals surface area contributed by atoms with Crippen molar-refractivity contribution in [2.75, 3.05) is 0 Å². The van der Waals surface area contributed by atoms with Gasteiger partial charge in [-0.25, -0.2) is 4.68 Å². The first-order valence-electron chi connectivity index (χ1n) is 6.29. The summed E-state index contributed by atoms with van der Waals surface area (Å²) >= 11 is 9.21. The molecule has 7 heteroatoms. The van der Waals surface area contributed by atoms with Crippen LogP contribution in [0.25, 0.3) is 11.0 Å². The average molecular weight is 369 g/mol. The predicted molar refractivity (Wildman–Crippen MR) is 83.8 cm³/mol. The lowest BCUT2D eigenvalue weighted by Crippen LogP contribution is -2.27. The van der Waals surface area contributed by atoms with Gasteiger partial charge in [-0.2, -0.15) is 5.10 Å². The van der Waals surface area contributed by atoms with Crippen molar-refractivity contribution in [3.8, 4) is 0 Å². The molecule has 0 N–H and O–H groups in total. The molecule has 1 aromatic carbocycles. The second-order valence-electron chi connectivity index (χ2n) is 4.74. The van der Waals surface area contributed by atoms with Gasteiger partial charge in [-0.05, 0) is 47.5 Å². The molecule has 0 radical (unpaired) electrons. The van der Waals surface area contributed by atoms with Crippen LogP contribution < -0.4 is 5.56 Å². The number of hydrogen-bond donors (Lipinski definition) is 0. The van der Waals surface area contributed by atoms with E-state index < -0.39 is 0 Å². The van der Waals surface area contributed by atoms with E-state index in [1.807, 2.05) is 19.1 Å². The molecule has 0 spiro atoms. The summed E-state index contributed by atoms with van der Waals surface area (Å²) in [7, 11) is 0. The van der Waals surface area contributed by atoms with Gasteiger partial charge in [-0.1, -0.05) is 28.9 Å². The maximum atomic E-state index is 12.6. The Morgan fingerprint density at radius 1 is 1.33 bits per heavy atom. The molecule has 3 rings (SSSR count). The van der Waals surface area contributed by atoms with Crippen molar-refractivity contribution in [1.29, 1.82) is 0 Å². The van der Waals surface area contributed by atoms with E-state index in [1.165, 1.54) is 4.68 Å². The predicted octanol–water partition coefficient (Wildman–Crippen LogP) is 3.72. The van der Waals surface area contributed by atoms with Crippen LogP contribution in [0.4, 0.5) is 0 Å². The number of benzene rings is 1. The number of hydrogen-bond acceptors (Lipinski definition) is 4. The Morgan fingerprint density at radius 3 is 2.67 bits per heavy atom. The van der Waals surface area contributed by atoms with Crippen LogP contribution in [0.5, 0.6) is 0 Å². The first-order chi connectivity index (χ1) is 9.99. The molecule has 5 nitrogen and oxygen atoms in total. The first kappa shape index (κ1) is 14.3. The van der Waals surface area contributed by atoms with Crippen molar-refractivity contribution in [1.82, 2.24) is 14.9 Å². The molecule has 0 aliphatic rings. The second kappa shape index (κ2) is 5.27. The molecule has 0 saturated carbocycles. The first-order valence-corrected chi connectivity index (χ1v) is 7.46. The van der Waals surface area contributed by atoms with Crippen LogP contribution in [0, 0.1) is 6.92 Å². The summed E-state index contributed by atoms with van der Waals surface area (Å²) in [5.41, 5.74) is 1.64. The van der Waals surface area contributed by atoms with Gasteiger partial charge in [0.25, 0.3) is 5.56 Å². The molecule has 1 atom stereocenters. The van der Waals surface area contributed by atoms with Crippen LogP contribution in [-0.4, -0.2) is 14.9 Å². The van der Waals surface area contributed by atoms with Gasteiger partial charge in [0, 0.05) is 5.02 Å². The van der Waals surface area contributed by atoms with Gasteiger partial charge in [0.2, 0.25) is 5.58 Å². The summed E-state index contributed by atoms with van der Waals surface area (Å²) in [6.45, 7) is 3.63. The molecular formula is C14H11BrClN3O2. The number of nitrogens with zero attached hydrogens (tertiary/aromatic N) is 3. The third kappa shape index (κ3) is 2.38. The van der Waals surface area contributed by atoms with Crippen LogP contribution in [-0.2, 0) is 0 Å². The third-order valence-corrected chi connectivity index (χ3v) is 4.16. The quantitative estimate of drug-likeness (QED) is 0.691. The molecule has 2 heterocycles. The summed E-state index contributed by atoms with van der Waals surface area (Å²) in [5, 5.41) is 9.19. The molecule has 0 saturated heterocycles. The van der Waals surface area contributed by atoms with Crippen molar-refractivity contribution in [3.05, 3.63) is 55.5 Å². The number of fused-ring (bicyclic) bond motifs is 1. The minimum absolute atomic E-state index is 0.227. The second-order valence-corrected chi connectivity index (χ2v) is 5.93. The summed E-state index contributed by atoms with van der Waals surface area (Å²) in [6.07, 6.45) is 0. The van der Waals surface area contributed by atoms with E-state index in [1.54, 1.807) is 19.1 Å². The van der Waals surface area contributed by atoms with Gasteiger partial charge in [-0.15, -0.1) is 0 Å². The van der Waals surface area contributed by atoms with E-state index in [-0.39, 0.29) is 11.6 Å². The van der Waals surface area contributed by atoms with E-state index >= 15 is 0 Å².